The van der Waals surface area contributed by atoms with Crippen LogP contribution in [-0.4, -0.2) is 32.5 Å². The van der Waals surface area contributed by atoms with Crippen molar-refractivity contribution in [2.45, 2.75) is 38.4 Å². The average Bonchev–Trinajstić information content (AvgIpc) is 2.16. The highest BCUT2D eigenvalue weighted by Gasteiger charge is 2.20. The smallest absolute Gasteiger partial charge is 0.152 e. The first kappa shape index (κ1) is 15.2. The maximum Gasteiger partial charge on any atom is 0.152 e. The summed E-state index contributed by atoms with van der Waals surface area (Å²) < 4.78 is 23.1. The van der Waals surface area contributed by atoms with Gasteiger partial charge in [-0.25, -0.2) is 8.42 Å². The third kappa shape index (κ3) is 5.18. The molecule has 0 saturated carbocycles. The minimum Gasteiger partial charge on any atom is -0.317 e. The summed E-state index contributed by atoms with van der Waals surface area (Å²) in [7, 11) is -2.82. The van der Waals surface area contributed by atoms with E-state index in [-0.39, 0.29) is 17.7 Å². The van der Waals surface area contributed by atoms with Gasteiger partial charge in [-0.2, -0.15) is 0 Å². The molecule has 0 spiro atoms. The fraction of sp³-hybridized carbons (Fsp3) is 1.00. The summed E-state index contributed by atoms with van der Waals surface area (Å²) in [5, 5.41) is 3.07. The van der Waals surface area contributed by atoms with Gasteiger partial charge in [0.1, 0.15) is 0 Å². The molecule has 1 fully saturated rings. The normalized spacial score (nSPS) is 18.9. The fourth-order valence-electron chi connectivity index (χ4n) is 1.74. The molecule has 1 heterocycles. The van der Waals surface area contributed by atoms with Crippen molar-refractivity contribution in [2.75, 3.05) is 18.8 Å². The van der Waals surface area contributed by atoms with Gasteiger partial charge in [0.2, 0.25) is 0 Å². The first-order chi connectivity index (χ1) is 6.52. The molecule has 3 nitrogen and oxygen atoms in total. The molecule has 15 heavy (non-hydrogen) atoms. The number of nitrogens with one attached hydrogen (secondary N) is 1. The predicted molar refractivity (Wildman–Crippen MR) is 66.4 cm³/mol. The molecule has 1 aliphatic heterocycles. The number of hydrogen-bond donors (Lipinski definition) is 1. The van der Waals surface area contributed by atoms with E-state index in [0.717, 1.165) is 32.4 Å². The van der Waals surface area contributed by atoms with Crippen LogP contribution in [-0.2, 0) is 9.84 Å². The van der Waals surface area contributed by atoms with Gasteiger partial charge in [-0.15, -0.1) is 12.4 Å². The molecule has 1 saturated heterocycles. The highest BCUT2D eigenvalue weighted by Crippen LogP contribution is 2.17. The quantitative estimate of drug-likeness (QED) is 0.831. The molecule has 0 amide bonds. The Morgan fingerprint density at radius 1 is 1.27 bits per heavy atom. The van der Waals surface area contributed by atoms with Crippen molar-refractivity contribution in [3.8, 4) is 0 Å². The van der Waals surface area contributed by atoms with Crippen LogP contribution in [0.2, 0.25) is 0 Å². The van der Waals surface area contributed by atoms with Gasteiger partial charge in [-0.1, -0.05) is 0 Å². The second-order valence-electron chi connectivity index (χ2n) is 4.40. The topological polar surface area (TPSA) is 46.2 Å². The third-order valence-corrected chi connectivity index (χ3v) is 5.23. The Morgan fingerprint density at radius 3 is 2.27 bits per heavy atom. The van der Waals surface area contributed by atoms with E-state index < -0.39 is 9.84 Å². The SMILES string of the molecule is CC(C)S(=O)(=O)CCC1CCNCC1.Cl. The Hall–Kier alpha value is 0.200. The fourth-order valence-corrected chi connectivity index (χ4v) is 2.87. The number of rotatable bonds is 4. The van der Waals surface area contributed by atoms with Gasteiger partial charge in [0.15, 0.2) is 9.84 Å². The number of halogens is 1. The largest absolute Gasteiger partial charge is 0.317 e. The average molecular weight is 256 g/mol. The van der Waals surface area contributed by atoms with E-state index in [4.69, 9.17) is 0 Å². The van der Waals surface area contributed by atoms with Crippen LogP contribution in [0.3, 0.4) is 0 Å². The summed E-state index contributed by atoms with van der Waals surface area (Å²) in [5.74, 6) is 0.986. The summed E-state index contributed by atoms with van der Waals surface area (Å²) >= 11 is 0. The molecule has 0 aliphatic carbocycles. The molecule has 0 atom stereocenters. The minimum atomic E-state index is -2.82. The van der Waals surface area contributed by atoms with Crippen LogP contribution in [0.4, 0.5) is 0 Å². The number of piperidine rings is 1. The number of hydrogen-bond acceptors (Lipinski definition) is 3. The molecule has 0 bridgehead atoms. The monoisotopic (exact) mass is 255 g/mol. The Kier molecular flexibility index (Phi) is 6.80. The maximum atomic E-state index is 11.6. The molecule has 1 rings (SSSR count). The van der Waals surface area contributed by atoms with E-state index in [0.29, 0.717) is 11.7 Å². The summed E-state index contributed by atoms with van der Waals surface area (Å²) in [4.78, 5) is 0. The Labute approximate surface area is 99.3 Å². The highest BCUT2D eigenvalue weighted by molar-refractivity contribution is 7.91. The van der Waals surface area contributed by atoms with Gasteiger partial charge >= 0.3 is 0 Å². The zero-order valence-electron chi connectivity index (χ0n) is 9.53. The molecule has 0 radical (unpaired) electrons. The van der Waals surface area contributed by atoms with E-state index in [1.54, 1.807) is 13.8 Å². The van der Waals surface area contributed by atoms with Crippen LogP contribution in [0.15, 0.2) is 0 Å². The molecule has 5 heteroatoms. The Bertz CT molecular complexity index is 259. The van der Waals surface area contributed by atoms with Crippen LogP contribution in [0, 0.1) is 5.92 Å². The van der Waals surface area contributed by atoms with E-state index in [9.17, 15) is 8.42 Å². The lowest BCUT2D eigenvalue weighted by Crippen LogP contribution is -2.29. The van der Waals surface area contributed by atoms with E-state index >= 15 is 0 Å². The molecule has 1 aliphatic rings. The van der Waals surface area contributed by atoms with Crippen LogP contribution < -0.4 is 5.32 Å². The molecule has 0 aromatic rings. The second kappa shape index (κ2) is 6.71. The molecule has 0 aromatic carbocycles. The van der Waals surface area contributed by atoms with Gasteiger partial charge in [-0.05, 0) is 52.1 Å². The van der Waals surface area contributed by atoms with E-state index in [1.165, 1.54) is 0 Å². The van der Waals surface area contributed by atoms with Crippen LogP contribution >= 0.6 is 12.4 Å². The molecule has 92 valence electrons. The second-order valence-corrected chi connectivity index (χ2v) is 7.07. The zero-order chi connectivity index (χ0) is 10.6. The summed E-state index contributed by atoms with van der Waals surface area (Å²) in [6, 6.07) is 0. The van der Waals surface area contributed by atoms with Crippen molar-refractivity contribution in [3.05, 3.63) is 0 Å². The molecule has 1 N–H and O–H groups in total. The predicted octanol–water partition coefficient (Wildman–Crippen LogP) is 1.62. The number of sulfone groups is 1. The zero-order valence-corrected chi connectivity index (χ0v) is 11.2. The van der Waals surface area contributed by atoms with Crippen molar-refractivity contribution < 1.29 is 8.42 Å². The van der Waals surface area contributed by atoms with Crippen molar-refractivity contribution in [1.29, 1.82) is 0 Å². The maximum absolute atomic E-state index is 11.6. The summed E-state index contributed by atoms with van der Waals surface area (Å²) in [6.45, 7) is 5.62. The lowest BCUT2D eigenvalue weighted by molar-refractivity contribution is 0.365. The lowest BCUT2D eigenvalue weighted by atomic mass is 9.96. The van der Waals surface area contributed by atoms with Crippen molar-refractivity contribution in [1.82, 2.24) is 5.32 Å². The van der Waals surface area contributed by atoms with Crippen molar-refractivity contribution in [2.24, 2.45) is 5.92 Å². The lowest BCUT2D eigenvalue weighted by Gasteiger charge is -2.22. The summed E-state index contributed by atoms with van der Waals surface area (Å²) in [5.41, 5.74) is 0. The molecular weight excluding hydrogens is 234 g/mol. The van der Waals surface area contributed by atoms with Gasteiger partial charge in [0.25, 0.3) is 0 Å². The van der Waals surface area contributed by atoms with E-state index in [2.05, 4.69) is 5.32 Å². The Morgan fingerprint density at radius 2 is 1.80 bits per heavy atom. The van der Waals surface area contributed by atoms with Gasteiger partial charge < -0.3 is 5.32 Å². The van der Waals surface area contributed by atoms with Crippen LogP contribution in [0.1, 0.15) is 33.1 Å². The van der Waals surface area contributed by atoms with Crippen LogP contribution in [0.5, 0.6) is 0 Å². The molecule has 0 aromatic heterocycles. The van der Waals surface area contributed by atoms with Gasteiger partial charge in [0, 0.05) is 0 Å². The third-order valence-electron chi connectivity index (χ3n) is 2.99. The first-order valence-corrected chi connectivity index (χ1v) is 7.16. The van der Waals surface area contributed by atoms with Crippen molar-refractivity contribution >= 4 is 22.2 Å². The standard InChI is InChI=1S/C10H21NO2S.ClH/c1-9(2)14(12,13)8-5-10-3-6-11-7-4-10;/h9-11H,3-8H2,1-2H3;1H. The minimum absolute atomic E-state index is 0. The molecular formula is C10H22ClNO2S. The van der Waals surface area contributed by atoms with Crippen molar-refractivity contribution in [3.63, 3.8) is 0 Å². The van der Waals surface area contributed by atoms with Gasteiger partial charge in [-0.3, -0.25) is 0 Å². The van der Waals surface area contributed by atoms with Gasteiger partial charge in [0.05, 0.1) is 11.0 Å². The van der Waals surface area contributed by atoms with E-state index in [1.807, 2.05) is 0 Å². The highest BCUT2D eigenvalue weighted by atomic mass is 35.5. The summed E-state index contributed by atoms with van der Waals surface area (Å²) in [6.07, 6.45) is 3.11. The van der Waals surface area contributed by atoms with Crippen LogP contribution in [0.25, 0.3) is 0 Å². The Balaban J connectivity index is 0.00000196. The first-order valence-electron chi connectivity index (χ1n) is 5.44. The molecule has 0 unspecified atom stereocenters.